The van der Waals surface area contributed by atoms with E-state index in [0.717, 1.165) is 36.6 Å². The summed E-state index contributed by atoms with van der Waals surface area (Å²) in [5.74, 6) is 1.58. The van der Waals surface area contributed by atoms with Gasteiger partial charge in [0.25, 0.3) is 0 Å². The summed E-state index contributed by atoms with van der Waals surface area (Å²) in [6.45, 7) is 2.68. The summed E-state index contributed by atoms with van der Waals surface area (Å²) in [5.41, 5.74) is 3.93. The highest BCUT2D eigenvalue weighted by Crippen LogP contribution is 2.30. The fraction of sp³-hybridized carbons (Fsp3) is 0.571. The molecule has 2 rings (SSSR count). The maximum atomic E-state index is 6.05. The van der Waals surface area contributed by atoms with Crippen LogP contribution in [0.4, 0.5) is 0 Å². The second-order valence-electron chi connectivity index (χ2n) is 4.80. The lowest BCUT2D eigenvalue weighted by atomic mass is 10.2. The largest absolute Gasteiger partial charge is 0.493 e. The van der Waals surface area contributed by atoms with Crippen molar-refractivity contribution < 1.29 is 14.3 Å². The van der Waals surface area contributed by atoms with Crippen molar-refractivity contribution >= 4 is 0 Å². The fourth-order valence-electron chi connectivity index (χ4n) is 2.25. The number of hydrogen-bond acceptors (Lipinski definition) is 5. The summed E-state index contributed by atoms with van der Waals surface area (Å²) >= 11 is 0. The van der Waals surface area contributed by atoms with Crippen LogP contribution >= 0.6 is 0 Å². The Morgan fingerprint density at radius 3 is 2.79 bits per heavy atom. The molecule has 1 unspecified atom stereocenters. The molecule has 0 aliphatic carbocycles. The van der Waals surface area contributed by atoms with E-state index >= 15 is 0 Å². The minimum Gasteiger partial charge on any atom is -0.493 e. The molecule has 1 atom stereocenters. The molecular weight excluding hydrogens is 244 g/mol. The van der Waals surface area contributed by atoms with Crippen LogP contribution in [-0.2, 0) is 11.4 Å². The molecule has 1 aliphatic rings. The number of nitrogens with zero attached hydrogens (tertiary/aromatic N) is 1. The molecule has 1 heterocycles. The van der Waals surface area contributed by atoms with Gasteiger partial charge in [-0.15, -0.1) is 0 Å². The molecule has 106 valence electrons. The standard InChI is InChI=1S/C14H22N2O3/c1-16-7-6-12(10-16)19-14-8-11(9-15-18-3)4-5-13(14)17-2/h4-5,8,12,15H,6-7,9-10H2,1-3H3. The van der Waals surface area contributed by atoms with Crippen LogP contribution in [0.1, 0.15) is 12.0 Å². The molecule has 19 heavy (non-hydrogen) atoms. The Morgan fingerprint density at radius 2 is 2.16 bits per heavy atom. The molecule has 1 fully saturated rings. The van der Waals surface area contributed by atoms with Gasteiger partial charge in [-0.05, 0) is 31.2 Å². The van der Waals surface area contributed by atoms with E-state index in [-0.39, 0.29) is 6.10 Å². The van der Waals surface area contributed by atoms with Crippen LogP contribution in [-0.4, -0.2) is 45.4 Å². The number of ether oxygens (including phenoxy) is 2. The van der Waals surface area contributed by atoms with E-state index in [1.54, 1.807) is 14.2 Å². The van der Waals surface area contributed by atoms with Gasteiger partial charge in [0.15, 0.2) is 11.5 Å². The molecule has 0 spiro atoms. The lowest BCUT2D eigenvalue weighted by Crippen LogP contribution is -2.21. The SMILES string of the molecule is CONCc1ccc(OC)c(OC2CCN(C)C2)c1. The lowest BCUT2D eigenvalue weighted by Gasteiger charge is -2.17. The summed E-state index contributed by atoms with van der Waals surface area (Å²) in [7, 11) is 5.38. The highest BCUT2D eigenvalue weighted by Gasteiger charge is 2.22. The van der Waals surface area contributed by atoms with E-state index in [9.17, 15) is 0 Å². The number of benzene rings is 1. The predicted molar refractivity (Wildman–Crippen MR) is 73.4 cm³/mol. The summed E-state index contributed by atoms with van der Waals surface area (Å²) in [6, 6.07) is 5.93. The van der Waals surface area contributed by atoms with Gasteiger partial charge >= 0.3 is 0 Å². The van der Waals surface area contributed by atoms with Crippen molar-refractivity contribution in [1.82, 2.24) is 10.4 Å². The van der Waals surface area contributed by atoms with E-state index in [0.29, 0.717) is 6.54 Å². The highest BCUT2D eigenvalue weighted by atomic mass is 16.6. The normalized spacial score (nSPS) is 19.6. The van der Waals surface area contributed by atoms with Crippen molar-refractivity contribution in [3.63, 3.8) is 0 Å². The van der Waals surface area contributed by atoms with Crippen LogP contribution in [0.5, 0.6) is 11.5 Å². The van der Waals surface area contributed by atoms with Gasteiger partial charge in [-0.1, -0.05) is 6.07 Å². The topological polar surface area (TPSA) is 43.0 Å². The lowest BCUT2D eigenvalue weighted by molar-refractivity contribution is 0.0866. The third-order valence-corrected chi connectivity index (χ3v) is 3.29. The first-order valence-electron chi connectivity index (χ1n) is 6.51. The van der Waals surface area contributed by atoms with E-state index in [1.165, 1.54) is 0 Å². The molecule has 0 saturated carbocycles. The minimum absolute atomic E-state index is 0.240. The first kappa shape index (κ1) is 14.1. The zero-order chi connectivity index (χ0) is 13.7. The number of likely N-dealkylation sites (tertiary alicyclic amines) is 1. The van der Waals surface area contributed by atoms with Crippen LogP contribution in [0.2, 0.25) is 0 Å². The Labute approximate surface area is 114 Å². The molecule has 0 bridgehead atoms. The number of hydroxylamine groups is 1. The molecule has 5 heteroatoms. The van der Waals surface area contributed by atoms with Crippen LogP contribution in [0.3, 0.4) is 0 Å². The molecule has 0 radical (unpaired) electrons. The van der Waals surface area contributed by atoms with E-state index in [1.807, 2.05) is 18.2 Å². The van der Waals surface area contributed by atoms with Crippen molar-refractivity contribution in [1.29, 1.82) is 0 Å². The summed E-state index contributed by atoms with van der Waals surface area (Å²) in [6.07, 6.45) is 1.30. The molecule has 0 amide bonds. The van der Waals surface area contributed by atoms with Gasteiger partial charge in [-0.25, -0.2) is 0 Å². The molecule has 1 aromatic carbocycles. The molecule has 5 nitrogen and oxygen atoms in total. The van der Waals surface area contributed by atoms with Crippen molar-refractivity contribution in [2.75, 3.05) is 34.4 Å². The zero-order valence-corrected chi connectivity index (χ0v) is 11.8. The second kappa shape index (κ2) is 6.75. The number of hydrogen-bond donors (Lipinski definition) is 1. The van der Waals surface area contributed by atoms with Gasteiger partial charge in [-0.3, -0.25) is 0 Å². The maximum Gasteiger partial charge on any atom is 0.161 e. The first-order chi connectivity index (χ1) is 9.22. The van der Waals surface area contributed by atoms with E-state index < -0.39 is 0 Å². The molecule has 1 aromatic rings. The van der Waals surface area contributed by atoms with E-state index in [4.69, 9.17) is 14.3 Å². The average Bonchev–Trinajstić information content (AvgIpc) is 2.82. The predicted octanol–water partition coefficient (Wildman–Crippen LogP) is 1.43. The third kappa shape index (κ3) is 3.83. The van der Waals surface area contributed by atoms with Crippen LogP contribution < -0.4 is 15.0 Å². The van der Waals surface area contributed by atoms with Gasteiger partial charge in [0.05, 0.1) is 14.2 Å². The fourth-order valence-corrected chi connectivity index (χ4v) is 2.25. The number of likely N-dealkylation sites (N-methyl/N-ethyl adjacent to an activating group) is 1. The van der Waals surface area contributed by atoms with Gasteiger partial charge in [0.1, 0.15) is 6.10 Å². The Hall–Kier alpha value is -1.30. The van der Waals surface area contributed by atoms with Crippen LogP contribution in [0, 0.1) is 0 Å². The molecule has 1 saturated heterocycles. The monoisotopic (exact) mass is 266 g/mol. The van der Waals surface area contributed by atoms with Crippen LogP contribution in [0.25, 0.3) is 0 Å². The van der Waals surface area contributed by atoms with Crippen molar-refractivity contribution in [3.05, 3.63) is 23.8 Å². The zero-order valence-electron chi connectivity index (χ0n) is 11.8. The Kier molecular flexibility index (Phi) is 5.01. The van der Waals surface area contributed by atoms with Crippen molar-refractivity contribution in [2.45, 2.75) is 19.1 Å². The highest BCUT2D eigenvalue weighted by molar-refractivity contribution is 5.43. The van der Waals surface area contributed by atoms with Crippen molar-refractivity contribution in [2.24, 2.45) is 0 Å². The second-order valence-corrected chi connectivity index (χ2v) is 4.80. The third-order valence-electron chi connectivity index (χ3n) is 3.29. The summed E-state index contributed by atoms with van der Waals surface area (Å²) < 4.78 is 11.4. The summed E-state index contributed by atoms with van der Waals surface area (Å²) in [4.78, 5) is 7.13. The number of methoxy groups -OCH3 is 1. The Balaban J connectivity index is 2.07. The summed E-state index contributed by atoms with van der Waals surface area (Å²) in [5, 5.41) is 0. The van der Waals surface area contributed by atoms with Crippen molar-refractivity contribution in [3.8, 4) is 11.5 Å². The average molecular weight is 266 g/mol. The minimum atomic E-state index is 0.240. The van der Waals surface area contributed by atoms with Gasteiger partial charge in [0, 0.05) is 19.6 Å². The van der Waals surface area contributed by atoms with Gasteiger partial charge in [0.2, 0.25) is 0 Å². The number of nitrogens with one attached hydrogen (secondary N) is 1. The van der Waals surface area contributed by atoms with Gasteiger partial charge < -0.3 is 19.2 Å². The smallest absolute Gasteiger partial charge is 0.161 e. The molecule has 1 aliphatic heterocycles. The Morgan fingerprint density at radius 1 is 1.32 bits per heavy atom. The first-order valence-corrected chi connectivity index (χ1v) is 6.51. The maximum absolute atomic E-state index is 6.05. The molecule has 1 N–H and O–H groups in total. The van der Waals surface area contributed by atoms with Crippen LogP contribution in [0.15, 0.2) is 18.2 Å². The quantitative estimate of drug-likeness (QED) is 0.789. The number of rotatable bonds is 6. The van der Waals surface area contributed by atoms with E-state index in [2.05, 4.69) is 17.4 Å². The van der Waals surface area contributed by atoms with Gasteiger partial charge in [-0.2, -0.15) is 5.48 Å². The molecular formula is C14H22N2O3. The molecule has 0 aromatic heterocycles. The Bertz CT molecular complexity index is 412.